The molecule has 1 aliphatic rings. The monoisotopic (exact) mass is 344 g/mol. The number of para-hydroxylation sites is 2. The number of rotatable bonds is 3. The van der Waals surface area contributed by atoms with Crippen LogP contribution in [0, 0.1) is 0 Å². The number of carbonyl (C=O) groups is 2. The van der Waals surface area contributed by atoms with E-state index < -0.39 is 0 Å². The minimum Gasteiger partial charge on any atom is -0.359 e. The molecule has 3 rings (SSSR count). The quantitative estimate of drug-likeness (QED) is 0.801. The number of hydrogen-bond donors (Lipinski definition) is 3. The molecule has 6 nitrogen and oxygen atoms in total. The van der Waals surface area contributed by atoms with E-state index in [9.17, 15) is 9.59 Å². The van der Waals surface area contributed by atoms with Crippen molar-refractivity contribution in [2.24, 2.45) is 0 Å². The van der Waals surface area contributed by atoms with E-state index in [1.165, 1.54) is 0 Å². The van der Waals surface area contributed by atoms with Crippen LogP contribution in [0.3, 0.4) is 0 Å². The van der Waals surface area contributed by atoms with Gasteiger partial charge in [0.2, 0.25) is 5.91 Å². The fourth-order valence-electron chi connectivity index (χ4n) is 2.55. The molecule has 0 aromatic heterocycles. The average Bonchev–Trinajstić information content (AvgIpc) is 2.55. The van der Waals surface area contributed by atoms with Crippen LogP contribution < -0.4 is 20.9 Å². The molecule has 1 saturated heterocycles. The predicted octanol–water partition coefficient (Wildman–Crippen LogP) is 2.92. The zero-order chi connectivity index (χ0) is 16.9. The molecule has 0 radical (unpaired) electrons. The molecule has 24 heavy (non-hydrogen) atoms. The molecule has 3 N–H and O–H groups in total. The molecule has 0 atom stereocenters. The minimum atomic E-state index is -0.369. The van der Waals surface area contributed by atoms with Crippen molar-refractivity contribution in [1.29, 1.82) is 0 Å². The van der Waals surface area contributed by atoms with Crippen LogP contribution in [0.15, 0.2) is 48.5 Å². The Labute approximate surface area is 144 Å². The summed E-state index contributed by atoms with van der Waals surface area (Å²) < 4.78 is 0. The smallest absolute Gasteiger partial charge is 0.323 e. The van der Waals surface area contributed by atoms with Gasteiger partial charge >= 0.3 is 6.03 Å². The topological polar surface area (TPSA) is 73.5 Å². The van der Waals surface area contributed by atoms with Gasteiger partial charge in [0.1, 0.15) is 0 Å². The summed E-state index contributed by atoms with van der Waals surface area (Å²) >= 11 is 5.91. The summed E-state index contributed by atoms with van der Waals surface area (Å²) in [5, 5.41) is 8.90. The van der Waals surface area contributed by atoms with Crippen molar-refractivity contribution >= 4 is 40.6 Å². The van der Waals surface area contributed by atoms with Gasteiger partial charge in [-0.3, -0.25) is 4.79 Å². The first kappa shape index (κ1) is 16.1. The van der Waals surface area contributed by atoms with E-state index in [1.54, 1.807) is 30.3 Å². The van der Waals surface area contributed by atoms with Crippen molar-refractivity contribution in [3.05, 3.63) is 53.6 Å². The molecule has 0 saturated carbocycles. The summed E-state index contributed by atoms with van der Waals surface area (Å²) in [4.78, 5) is 25.8. The fraction of sp³-hybridized carbons (Fsp3) is 0.176. The lowest BCUT2D eigenvalue weighted by molar-refractivity contribution is -0.120. The third-order valence-corrected chi connectivity index (χ3v) is 3.85. The number of halogens is 1. The van der Waals surface area contributed by atoms with Gasteiger partial charge in [-0.15, -0.1) is 0 Å². The molecule has 1 fully saturated rings. The molecular weight excluding hydrogens is 328 g/mol. The summed E-state index contributed by atoms with van der Waals surface area (Å²) in [7, 11) is 0. The second-order valence-electron chi connectivity index (χ2n) is 5.38. The third kappa shape index (κ3) is 3.97. The van der Waals surface area contributed by atoms with Gasteiger partial charge in [-0.25, -0.2) is 4.79 Å². The highest BCUT2D eigenvalue weighted by Gasteiger charge is 2.19. The largest absolute Gasteiger partial charge is 0.359 e. The van der Waals surface area contributed by atoms with Crippen molar-refractivity contribution in [2.45, 2.75) is 0 Å². The van der Waals surface area contributed by atoms with Gasteiger partial charge in [-0.1, -0.05) is 29.8 Å². The van der Waals surface area contributed by atoms with Crippen LogP contribution in [0.2, 0.25) is 5.02 Å². The Morgan fingerprint density at radius 1 is 1.12 bits per heavy atom. The maximum absolute atomic E-state index is 12.2. The first-order valence-electron chi connectivity index (χ1n) is 7.56. The minimum absolute atomic E-state index is 0.0283. The van der Waals surface area contributed by atoms with Crippen molar-refractivity contribution in [3.8, 4) is 0 Å². The van der Waals surface area contributed by atoms with Crippen molar-refractivity contribution in [2.75, 3.05) is 35.2 Å². The zero-order valence-corrected chi connectivity index (χ0v) is 13.6. The number of benzene rings is 2. The summed E-state index contributed by atoms with van der Waals surface area (Å²) in [5.41, 5.74) is 2.06. The first-order valence-corrected chi connectivity index (χ1v) is 7.94. The molecule has 2 aromatic rings. The molecule has 0 aliphatic carbocycles. The number of carbonyl (C=O) groups excluding carboxylic acids is 2. The second kappa shape index (κ2) is 7.23. The number of anilines is 3. The highest BCUT2D eigenvalue weighted by Crippen LogP contribution is 2.26. The molecular formula is C17H17ClN4O2. The number of amides is 3. The fourth-order valence-corrected chi connectivity index (χ4v) is 2.74. The third-order valence-electron chi connectivity index (χ3n) is 3.61. The van der Waals surface area contributed by atoms with E-state index in [-0.39, 0.29) is 18.5 Å². The van der Waals surface area contributed by atoms with Crippen molar-refractivity contribution in [1.82, 2.24) is 5.32 Å². The van der Waals surface area contributed by atoms with E-state index in [1.807, 2.05) is 23.1 Å². The summed E-state index contributed by atoms with van der Waals surface area (Å²) in [6.45, 7) is 1.55. The Balaban J connectivity index is 1.73. The van der Waals surface area contributed by atoms with Gasteiger partial charge < -0.3 is 20.9 Å². The standard InChI is InChI=1S/C17H17ClN4O2/c18-12-4-3-5-13(10-12)20-17(24)21-14-6-1-2-7-15(14)22-9-8-19-16(23)11-22/h1-7,10H,8-9,11H2,(H,19,23)(H2,20,21,24). The summed E-state index contributed by atoms with van der Waals surface area (Å²) in [6, 6.07) is 14.0. The maximum atomic E-state index is 12.2. The lowest BCUT2D eigenvalue weighted by Gasteiger charge is -2.30. The Morgan fingerprint density at radius 2 is 1.96 bits per heavy atom. The molecule has 3 amide bonds. The predicted molar refractivity (Wildman–Crippen MR) is 95.8 cm³/mol. The van der Waals surface area contributed by atoms with Crippen LogP contribution in [0.4, 0.5) is 21.9 Å². The molecule has 124 valence electrons. The SMILES string of the molecule is O=C1CN(c2ccccc2NC(=O)Nc2cccc(Cl)c2)CCN1. The maximum Gasteiger partial charge on any atom is 0.323 e. The van der Waals surface area contributed by atoms with Crippen molar-refractivity contribution in [3.63, 3.8) is 0 Å². The average molecular weight is 345 g/mol. The number of nitrogens with zero attached hydrogens (tertiary/aromatic N) is 1. The van der Waals surface area contributed by atoms with Gasteiger partial charge in [0, 0.05) is 23.8 Å². The van der Waals surface area contributed by atoms with E-state index in [0.29, 0.717) is 29.5 Å². The van der Waals surface area contributed by atoms with Gasteiger partial charge in [-0.05, 0) is 30.3 Å². The highest BCUT2D eigenvalue weighted by atomic mass is 35.5. The summed E-state index contributed by atoms with van der Waals surface area (Å²) in [5.74, 6) is -0.0283. The molecule has 0 bridgehead atoms. The molecule has 1 heterocycles. The van der Waals surface area contributed by atoms with Gasteiger partial charge in [0.25, 0.3) is 0 Å². The Bertz CT molecular complexity index is 766. The molecule has 7 heteroatoms. The molecule has 1 aliphatic heterocycles. The van der Waals surface area contributed by atoms with Crippen LogP contribution in [-0.4, -0.2) is 31.6 Å². The number of piperazine rings is 1. The number of hydrogen-bond acceptors (Lipinski definition) is 3. The van der Waals surface area contributed by atoms with Gasteiger partial charge in [-0.2, -0.15) is 0 Å². The van der Waals surface area contributed by atoms with Crippen LogP contribution in [0.25, 0.3) is 0 Å². The van der Waals surface area contributed by atoms with Crippen LogP contribution in [-0.2, 0) is 4.79 Å². The Morgan fingerprint density at radius 3 is 2.75 bits per heavy atom. The van der Waals surface area contributed by atoms with E-state index in [4.69, 9.17) is 11.6 Å². The molecule has 2 aromatic carbocycles. The number of urea groups is 1. The normalized spacial score (nSPS) is 14.0. The van der Waals surface area contributed by atoms with Gasteiger partial charge in [0.05, 0.1) is 17.9 Å². The Kier molecular flexibility index (Phi) is 4.86. The van der Waals surface area contributed by atoms with E-state index >= 15 is 0 Å². The molecule has 0 spiro atoms. The first-order chi connectivity index (χ1) is 11.6. The number of nitrogens with one attached hydrogen (secondary N) is 3. The highest BCUT2D eigenvalue weighted by molar-refractivity contribution is 6.30. The lowest BCUT2D eigenvalue weighted by atomic mass is 10.2. The molecule has 0 unspecified atom stereocenters. The Hall–Kier alpha value is -2.73. The van der Waals surface area contributed by atoms with E-state index in [2.05, 4.69) is 16.0 Å². The summed E-state index contributed by atoms with van der Waals surface area (Å²) in [6.07, 6.45) is 0. The lowest BCUT2D eigenvalue weighted by Crippen LogP contribution is -2.48. The van der Waals surface area contributed by atoms with Gasteiger partial charge in [0.15, 0.2) is 0 Å². The van der Waals surface area contributed by atoms with E-state index in [0.717, 1.165) is 5.69 Å². The zero-order valence-electron chi connectivity index (χ0n) is 12.9. The van der Waals surface area contributed by atoms with Crippen LogP contribution in [0.1, 0.15) is 0 Å². The van der Waals surface area contributed by atoms with Crippen LogP contribution >= 0.6 is 11.6 Å². The van der Waals surface area contributed by atoms with Crippen LogP contribution in [0.5, 0.6) is 0 Å². The van der Waals surface area contributed by atoms with Crippen molar-refractivity contribution < 1.29 is 9.59 Å². The second-order valence-corrected chi connectivity index (χ2v) is 5.81.